The fourth-order valence-corrected chi connectivity index (χ4v) is 1.14. The molecular formula is C11H12ClNO2. The van der Waals surface area contributed by atoms with Crippen LogP contribution in [0.3, 0.4) is 0 Å². The standard InChI is InChI=1S/C11H12ClNO2/c1-2-15-11(14)6-4-8-3-5-9(12)10(13)7-8/h3-7H,2,13H2,1H3. The van der Waals surface area contributed by atoms with Crippen LogP contribution in [0.5, 0.6) is 0 Å². The average Bonchev–Trinajstić information content (AvgIpc) is 2.20. The van der Waals surface area contributed by atoms with Crippen molar-refractivity contribution >= 4 is 29.3 Å². The Labute approximate surface area is 93.5 Å². The van der Waals surface area contributed by atoms with E-state index in [1.165, 1.54) is 6.08 Å². The number of ether oxygens (including phenoxy) is 1. The molecule has 0 radical (unpaired) electrons. The Morgan fingerprint density at radius 2 is 2.33 bits per heavy atom. The topological polar surface area (TPSA) is 52.3 Å². The molecule has 0 spiro atoms. The molecule has 0 amide bonds. The summed E-state index contributed by atoms with van der Waals surface area (Å²) in [6.45, 7) is 2.12. The van der Waals surface area contributed by atoms with Crippen molar-refractivity contribution in [2.24, 2.45) is 0 Å². The molecular weight excluding hydrogens is 214 g/mol. The summed E-state index contributed by atoms with van der Waals surface area (Å²) in [5.41, 5.74) is 6.90. The lowest BCUT2D eigenvalue weighted by Crippen LogP contribution is -1.98. The number of anilines is 1. The summed E-state index contributed by atoms with van der Waals surface area (Å²) in [4.78, 5) is 11.0. The Morgan fingerprint density at radius 3 is 2.93 bits per heavy atom. The number of benzene rings is 1. The van der Waals surface area contributed by atoms with Gasteiger partial charge in [-0.1, -0.05) is 17.7 Å². The fraction of sp³-hybridized carbons (Fsp3) is 0.182. The Balaban J connectivity index is 2.72. The first kappa shape index (κ1) is 11.6. The van der Waals surface area contributed by atoms with Crippen molar-refractivity contribution in [2.75, 3.05) is 12.3 Å². The third-order valence-electron chi connectivity index (χ3n) is 1.72. The molecule has 0 heterocycles. The molecule has 0 aliphatic carbocycles. The summed E-state index contributed by atoms with van der Waals surface area (Å²) < 4.78 is 4.73. The predicted molar refractivity (Wildman–Crippen MR) is 61.5 cm³/mol. The van der Waals surface area contributed by atoms with Gasteiger partial charge in [0.2, 0.25) is 0 Å². The van der Waals surface area contributed by atoms with Crippen molar-refractivity contribution in [1.82, 2.24) is 0 Å². The van der Waals surface area contributed by atoms with Crippen molar-refractivity contribution in [3.63, 3.8) is 0 Å². The first-order valence-electron chi connectivity index (χ1n) is 4.53. The highest BCUT2D eigenvalue weighted by atomic mass is 35.5. The van der Waals surface area contributed by atoms with Gasteiger partial charge in [-0.25, -0.2) is 4.79 Å². The second kappa shape index (κ2) is 5.41. The zero-order valence-electron chi connectivity index (χ0n) is 8.37. The van der Waals surface area contributed by atoms with Crippen molar-refractivity contribution < 1.29 is 9.53 Å². The van der Waals surface area contributed by atoms with Crippen LogP contribution < -0.4 is 5.73 Å². The minimum atomic E-state index is -0.369. The number of rotatable bonds is 3. The van der Waals surface area contributed by atoms with Gasteiger partial charge in [0.15, 0.2) is 0 Å². The third-order valence-corrected chi connectivity index (χ3v) is 2.06. The van der Waals surface area contributed by atoms with Crippen LogP contribution >= 0.6 is 11.6 Å². The van der Waals surface area contributed by atoms with Gasteiger partial charge < -0.3 is 10.5 Å². The van der Waals surface area contributed by atoms with Crippen molar-refractivity contribution in [2.45, 2.75) is 6.92 Å². The van der Waals surface area contributed by atoms with Crippen molar-refractivity contribution in [3.8, 4) is 0 Å². The van der Waals surface area contributed by atoms with Crippen molar-refractivity contribution in [3.05, 3.63) is 34.9 Å². The molecule has 0 atom stereocenters. The number of nitrogen functional groups attached to an aromatic ring is 1. The van der Waals surface area contributed by atoms with Gasteiger partial charge in [0.1, 0.15) is 0 Å². The Hall–Kier alpha value is -1.48. The van der Waals surface area contributed by atoms with Gasteiger partial charge in [0.05, 0.1) is 17.3 Å². The molecule has 0 saturated heterocycles. The predicted octanol–water partition coefficient (Wildman–Crippen LogP) is 2.50. The van der Waals surface area contributed by atoms with Crippen LogP contribution in [0.2, 0.25) is 5.02 Å². The lowest BCUT2D eigenvalue weighted by molar-refractivity contribution is -0.137. The number of carbonyl (C=O) groups is 1. The molecule has 1 rings (SSSR count). The van der Waals surface area contributed by atoms with Crippen LogP contribution in [-0.2, 0) is 9.53 Å². The highest BCUT2D eigenvalue weighted by Gasteiger charge is 1.97. The molecule has 0 fully saturated rings. The van der Waals surface area contributed by atoms with E-state index in [2.05, 4.69) is 0 Å². The van der Waals surface area contributed by atoms with Crippen molar-refractivity contribution in [1.29, 1.82) is 0 Å². The molecule has 3 nitrogen and oxygen atoms in total. The lowest BCUT2D eigenvalue weighted by Gasteiger charge is -1.99. The van der Waals surface area contributed by atoms with Gasteiger partial charge in [0.25, 0.3) is 0 Å². The van der Waals surface area contributed by atoms with E-state index in [0.29, 0.717) is 17.3 Å². The number of halogens is 1. The first-order valence-corrected chi connectivity index (χ1v) is 4.91. The molecule has 1 aromatic rings. The largest absolute Gasteiger partial charge is 0.463 e. The van der Waals surface area contributed by atoms with Crippen LogP contribution in [0.25, 0.3) is 6.08 Å². The average molecular weight is 226 g/mol. The van der Waals surface area contributed by atoms with Gasteiger partial charge in [0, 0.05) is 6.08 Å². The van der Waals surface area contributed by atoms with E-state index in [-0.39, 0.29) is 5.97 Å². The minimum absolute atomic E-state index is 0.367. The second-order valence-electron chi connectivity index (χ2n) is 2.87. The summed E-state index contributed by atoms with van der Waals surface area (Å²) >= 11 is 5.75. The van der Waals surface area contributed by atoms with Crippen LogP contribution in [0.4, 0.5) is 5.69 Å². The number of carbonyl (C=O) groups excluding carboxylic acids is 1. The summed E-state index contributed by atoms with van der Waals surface area (Å²) in [5.74, 6) is -0.369. The zero-order valence-corrected chi connectivity index (χ0v) is 9.12. The van der Waals surface area contributed by atoms with E-state index in [4.69, 9.17) is 22.1 Å². The van der Waals surface area contributed by atoms with Gasteiger partial charge in [-0.15, -0.1) is 0 Å². The maximum Gasteiger partial charge on any atom is 0.330 e. The maximum absolute atomic E-state index is 11.0. The van der Waals surface area contributed by atoms with Crippen LogP contribution in [0.1, 0.15) is 12.5 Å². The van der Waals surface area contributed by atoms with Gasteiger partial charge in [-0.05, 0) is 30.7 Å². The lowest BCUT2D eigenvalue weighted by atomic mass is 10.2. The molecule has 0 aliphatic rings. The zero-order chi connectivity index (χ0) is 11.3. The van der Waals surface area contributed by atoms with E-state index in [1.807, 2.05) is 0 Å². The minimum Gasteiger partial charge on any atom is -0.463 e. The van der Waals surface area contributed by atoms with E-state index in [9.17, 15) is 4.79 Å². The quantitative estimate of drug-likeness (QED) is 0.489. The smallest absolute Gasteiger partial charge is 0.330 e. The van der Waals surface area contributed by atoms with Gasteiger partial charge in [-0.2, -0.15) is 0 Å². The summed E-state index contributed by atoms with van der Waals surface area (Å²) in [6.07, 6.45) is 2.98. The van der Waals surface area contributed by atoms with E-state index < -0.39 is 0 Å². The Kier molecular flexibility index (Phi) is 4.18. The SMILES string of the molecule is CCOC(=O)C=Cc1ccc(Cl)c(N)c1. The Bertz CT molecular complexity index is 388. The van der Waals surface area contributed by atoms with E-state index in [1.54, 1.807) is 31.2 Å². The highest BCUT2D eigenvalue weighted by molar-refractivity contribution is 6.33. The molecule has 0 aliphatic heterocycles. The van der Waals surface area contributed by atoms with Crippen LogP contribution in [-0.4, -0.2) is 12.6 Å². The molecule has 2 N–H and O–H groups in total. The molecule has 0 saturated carbocycles. The molecule has 0 bridgehead atoms. The van der Waals surface area contributed by atoms with Gasteiger partial charge >= 0.3 is 5.97 Å². The molecule has 0 aromatic heterocycles. The number of nitrogens with two attached hydrogens (primary N) is 1. The second-order valence-corrected chi connectivity index (χ2v) is 3.27. The van der Waals surface area contributed by atoms with Crippen LogP contribution in [0.15, 0.2) is 24.3 Å². The molecule has 4 heteroatoms. The Morgan fingerprint density at radius 1 is 1.60 bits per heavy atom. The first-order chi connectivity index (χ1) is 7.13. The summed E-state index contributed by atoms with van der Waals surface area (Å²) in [5, 5.41) is 0.503. The normalized spacial score (nSPS) is 10.5. The monoisotopic (exact) mass is 225 g/mol. The number of hydrogen-bond acceptors (Lipinski definition) is 3. The fourth-order valence-electron chi connectivity index (χ4n) is 1.02. The third kappa shape index (κ3) is 3.64. The number of esters is 1. The molecule has 80 valence electrons. The summed E-state index contributed by atoms with van der Waals surface area (Å²) in [6, 6.07) is 5.15. The van der Waals surface area contributed by atoms with Gasteiger partial charge in [-0.3, -0.25) is 0 Å². The molecule has 0 unspecified atom stereocenters. The summed E-state index contributed by atoms with van der Waals surface area (Å²) in [7, 11) is 0. The number of hydrogen-bond donors (Lipinski definition) is 1. The molecule has 1 aromatic carbocycles. The molecule has 15 heavy (non-hydrogen) atoms. The van der Waals surface area contributed by atoms with E-state index >= 15 is 0 Å². The van der Waals surface area contributed by atoms with E-state index in [0.717, 1.165) is 5.56 Å². The van der Waals surface area contributed by atoms with Crippen LogP contribution in [0, 0.1) is 0 Å². The highest BCUT2D eigenvalue weighted by Crippen LogP contribution is 2.20. The maximum atomic E-state index is 11.0.